The fourth-order valence-electron chi connectivity index (χ4n) is 2.35. The van der Waals surface area contributed by atoms with Gasteiger partial charge in [0.05, 0.1) is 0 Å². The van der Waals surface area contributed by atoms with Crippen molar-refractivity contribution in [2.24, 2.45) is 0 Å². The maximum absolute atomic E-state index is 12.3. The topological polar surface area (TPSA) is 67.4 Å². The van der Waals surface area contributed by atoms with Crippen LogP contribution in [0.5, 0.6) is 11.5 Å². The molecule has 0 saturated carbocycles. The van der Waals surface area contributed by atoms with Crippen LogP contribution < -0.4 is 15.4 Å². The van der Waals surface area contributed by atoms with Gasteiger partial charge in [0.1, 0.15) is 17.5 Å². The Balaban J connectivity index is 1.89. The number of benzene rings is 2. The molecule has 2 aromatic carbocycles. The Morgan fingerprint density at radius 2 is 1.70 bits per heavy atom. The lowest BCUT2D eigenvalue weighted by Gasteiger charge is -2.17. The van der Waals surface area contributed by atoms with Gasteiger partial charge in [-0.05, 0) is 42.8 Å². The van der Waals surface area contributed by atoms with Crippen LogP contribution in [0.25, 0.3) is 0 Å². The van der Waals surface area contributed by atoms with E-state index in [0.29, 0.717) is 12.3 Å². The number of nitrogens with one attached hydrogen (secondary N) is 2. The minimum atomic E-state index is -0.551. The molecule has 1 unspecified atom stereocenters. The highest BCUT2D eigenvalue weighted by atomic mass is 32.2. The Bertz CT molecular complexity index is 720. The number of thioether (sulfide) groups is 1. The van der Waals surface area contributed by atoms with Crippen LogP contribution in [0.15, 0.2) is 59.5 Å². The van der Waals surface area contributed by atoms with Crippen molar-refractivity contribution in [2.45, 2.75) is 37.6 Å². The Morgan fingerprint density at radius 3 is 2.33 bits per heavy atom. The first kappa shape index (κ1) is 20.8. The third kappa shape index (κ3) is 7.74. The van der Waals surface area contributed by atoms with Crippen molar-refractivity contribution < 1.29 is 14.3 Å². The smallest absolute Gasteiger partial charge is 0.243 e. The van der Waals surface area contributed by atoms with E-state index in [1.807, 2.05) is 54.6 Å². The highest BCUT2D eigenvalue weighted by molar-refractivity contribution is 7.99. The molecular formula is C21H26N2O3S. The number of hydrogen-bond donors (Lipinski definition) is 2. The summed E-state index contributed by atoms with van der Waals surface area (Å²) in [6.45, 7) is 4.12. The summed E-state index contributed by atoms with van der Waals surface area (Å²) in [5.74, 6) is 1.65. The van der Waals surface area contributed by atoms with Crippen molar-refractivity contribution in [3.63, 3.8) is 0 Å². The normalized spacial score (nSPS) is 11.5. The molecule has 0 aliphatic carbocycles. The van der Waals surface area contributed by atoms with E-state index in [0.717, 1.165) is 29.2 Å². The van der Waals surface area contributed by atoms with Crippen LogP contribution in [0.3, 0.4) is 0 Å². The van der Waals surface area contributed by atoms with Gasteiger partial charge >= 0.3 is 0 Å². The Morgan fingerprint density at radius 1 is 1.04 bits per heavy atom. The summed E-state index contributed by atoms with van der Waals surface area (Å²) >= 11 is 1.52. The van der Waals surface area contributed by atoms with Gasteiger partial charge < -0.3 is 15.4 Å². The van der Waals surface area contributed by atoms with Crippen LogP contribution in [-0.2, 0) is 9.59 Å². The quantitative estimate of drug-likeness (QED) is 0.479. The molecule has 2 N–H and O–H groups in total. The van der Waals surface area contributed by atoms with Gasteiger partial charge in [0, 0.05) is 24.1 Å². The van der Waals surface area contributed by atoms with Crippen molar-refractivity contribution in [1.29, 1.82) is 0 Å². The molecule has 2 rings (SSSR count). The molecule has 2 aromatic rings. The summed E-state index contributed by atoms with van der Waals surface area (Å²) in [7, 11) is 0. The van der Waals surface area contributed by atoms with E-state index < -0.39 is 6.04 Å². The molecule has 0 aliphatic heterocycles. The lowest BCUT2D eigenvalue weighted by Crippen LogP contribution is -2.47. The number of hydrogen-bond acceptors (Lipinski definition) is 4. The van der Waals surface area contributed by atoms with Crippen molar-refractivity contribution in [3.8, 4) is 11.5 Å². The lowest BCUT2D eigenvalue weighted by molar-refractivity contribution is -0.127. The van der Waals surface area contributed by atoms with Crippen LogP contribution >= 0.6 is 11.8 Å². The molecule has 0 aliphatic rings. The number of rotatable bonds is 10. The second-order valence-electron chi connectivity index (χ2n) is 6.10. The maximum atomic E-state index is 12.3. The standard InChI is InChI=1S/C21H26N2O3S/c1-3-4-14-22-21(25)20(23-16(2)24)15-27-19-12-10-18(11-13-19)26-17-8-6-5-7-9-17/h5-13,20H,3-4,14-15H2,1-2H3,(H,22,25)(H,23,24). The summed E-state index contributed by atoms with van der Waals surface area (Å²) < 4.78 is 5.77. The summed E-state index contributed by atoms with van der Waals surface area (Å²) in [4.78, 5) is 24.7. The van der Waals surface area contributed by atoms with Gasteiger partial charge in [0.25, 0.3) is 0 Å². The van der Waals surface area contributed by atoms with Crippen molar-refractivity contribution in [3.05, 3.63) is 54.6 Å². The highest BCUT2D eigenvalue weighted by Gasteiger charge is 2.19. The zero-order valence-corrected chi connectivity index (χ0v) is 16.6. The number of carbonyl (C=O) groups excluding carboxylic acids is 2. The molecule has 0 heterocycles. The molecule has 0 aromatic heterocycles. The van der Waals surface area contributed by atoms with Crippen molar-refractivity contribution >= 4 is 23.6 Å². The average molecular weight is 387 g/mol. The molecule has 0 spiro atoms. The highest BCUT2D eigenvalue weighted by Crippen LogP contribution is 2.25. The van der Waals surface area contributed by atoms with Crippen molar-refractivity contribution in [1.82, 2.24) is 10.6 Å². The molecule has 0 saturated heterocycles. The second-order valence-corrected chi connectivity index (χ2v) is 7.19. The van der Waals surface area contributed by atoms with E-state index in [1.165, 1.54) is 18.7 Å². The summed E-state index contributed by atoms with van der Waals surface area (Å²) in [6, 6.07) is 16.7. The molecule has 0 bridgehead atoms. The molecule has 5 nitrogen and oxygen atoms in total. The van der Waals surface area contributed by atoms with Crippen LogP contribution in [0.1, 0.15) is 26.7 Å². The number of carbonyl (C=O) groups is 2. The van der Waals surface area contributed by atoms with Crippen molar-refractivity contribution in [2.75, 3.05) is 12.3 Å². The molecule has 1 atom stereocenters. The molecular weight excluding hydrogens is 360 g/mol. The average Bonchev–Trinajstić information content (AvgIpc) is 2.67. The molecule has 6 heteroatoms. The second kappa shape index (κ2) is 11.3. The minimum Gasteiger partial charge on any atom is -0.457 e. The Labute approximate surface area is 164 Å². The minimum absolute atomic E-state index is 0.143. The number of unbranched alkanes of at least 4 members (excludes halogenated alkanes) is 1. The molecule has 27 heavy (non-hydrogen) atoms. The molecule has 0 fully saturated rings. The van der Waals surface area contributed by atoms with Crippen LogP contribution in [-0.4, -0.2) is 30.2 Å². The zero-order valence-electron chi connectivity index (χ0n) is 15.7. The lowest BCUT2D eigenvalue weighted by atomic mass is 10.3. The van der Waals surface area contributed by atoms with E-state index >= 15 is 0 Å². The number of ether oxygens (including phenoxy) is 1. The monoisotopic (exact) mass is 386 g/mol. The van der Waals surface area contributed by atoms with E-state index in [-0.39, 0.29) is 11.8 Å². The number of para-hydroxylation sites is 1. The van der Waals surface area contributed by atoms with Crippen LogP contribution in [0.2, 0.25) is 0 Å². The van der Waals surface area contributed by atoms with E-state index in [4.69, 9.17) is 4.74 Å². The van der Waals surface area contributed by atoms with Crippen LogP contribution in [0, 0.1) is 0 Å². The van der Waals surface area contributed by atoms with Gasteiger partial charge in [0.2, 0.25) is 11.8 Å². The molecule has 2 amide bonds. The summed E-state index contributed by atoms with van der Waals surface area (Å²) in [5.41, 5.74) is 0. The SMILES string of the molecule is CCCCNC(=O)C(CSc1ccc(Oc2ccccc2)cc1)NC(C)=O. The number of amides is 2. The first-order valence-corrected chi connectivity index (χ1v) is 10.1. The van der Waals surface area contributed by atoms with Gasteiger partial charge in [-0.25, -0.2) is 0 Å². The third-order valence-corrected chi connectivity index (χ3v) is 4.85. The maximum Gasteiger partial charge on any atom is 0.243 e. The van der Waals surface area contributed by atoms with E-state index in [2.05, 4.69) is 17.6 Å². The fourth-order valence-corrected chi connectivity index (χ4v) is 3.27. The Hall–Kier alpha value is -2.47. The summed E-state index contributed by atoms with van der Waals surface area (Å²) in [6.07, 6.45) is 1.94. The predicted octanol–water partition coefficient (Wildman–Crippen LogP) is 3.99. The molecule has 144 valence electrons. The Kier molecular flexibility index (Phi) is 8.71. The third-order valence-electron chi connectivity index (χ3n) is 3.74. The van der Waals surface area contributed by atoms with Crippen LogP contribution in [0.4, 0.5) is 0 Å². The zero-order chi connectivity index (χ0) is 19.5. The van der Waals surface area contributed by atoms with E-state index in [1.54, 1.807) is 0 Å². The van der Waals surface area contributed by atoms with Gasteiger partial charge in [0.15, 0.2) is 0 Å². The largest absolute Gasteiger partial charge is 0.457 e. The first-order valence-electron chi connectivity index (χ1n) is 9.09. The van der Waals surface area contributed by atoms with Gasteiger partial charge in [-0.15, -0.1) is 11.8 Å². The van der Waals surface area contributed by atoms with Gasteiger partial charge in [-0.1, -0.05) is 31.5 Å². The first-order chi connectivity index (χ1) is 13.1. The van der Waals surface area contributed by atoms with Gasteiger partial charge in [-0.3, -0.25) is 9.59 Å². The van der Waals surface area contributed by atoms with E-state index in [9.17, 15) is 9.59 Å². The fraction of sp³-hybridized carbons (Fsp3) is 0.333. The molecule has 0 radical (unpaired) electrons. The summed E-state index contributed by atoms with van der Waals surface area (Å²) in [5, 5.41) is 5.60. The van der Waals surface area contributed by atoms with Gasteiger partial charge in [-0.2, -0.15) is 0 Å². The predicted molar refractivity (Wildman–Crippen MR) is 109 cm³/mol.